The highest BCUT2D eigenvalue weighted by Gasteiger charge is 1.92. The van der Waals surface area contributed by atoms with Crippen LogP contribution in [0.4, 0.5) is 0 Å². The summed E-state index contributed by atoms with van der Waals surface area (Å²) in [5, 5.41) is 5.61. The molecule has 0 aromatic carbocycles. The van der Waals surface area contributed by atoms with Crippen LogP contribution in [-0.4, -0.2) is 19.5 Å². The summed E-state index contributed by atoms with van der Waals surface area (Å²) in [5.74, 6) is -0.00722. The van der Waals surface area contributed by atoms with Crippen molar-refractivity contribution >= 4 is 5.91 Å². The highest BCUT2D eigenvalue weighted by molar-refractivity contribution is 5.73. The fraction of sp³-hybridized carbons (Fsp3) is 0.444. The van der Waals surface area contributed by atoms with Crippen LogP contribution in [0.2, 0.25) is 0 Å². The van der Waals surface area contributed by atoms with E-state index in [0.29, 0.717) is 6.54 Å². The Labute approximate surface area is 73.5 Å². The van der Waals surface area contributed by atoms with E-state index in [1.807, 2.05) is 32.3 Å². The lowest BCUT2D eigenvalue weighted by Crippen LogP contribution is -2.21. The van der Waals surface area contributed by atoms with Crippen molar-refractivity contribution < 1.29 is 4.79 Å². The average Bonchev–Trinajstić information content (AvgIpc) is 2.05. The van der Waals surface area contributed by atoms with Crippen molar-refractivity contribution in [3.8, 4) is 0 Å². The fourth-order valence-electron chi connectivity index (χ4n) is 0.674. The zero-order valence-electron chi connectivity index (χ0n) is 7.85. The van der Waals surface area contributed by atoms with Crippen LogP contribution in [-0.2, 0) is 4.79 Å². The largest absolute Gasteiger partial charge is 0.394 e. The monoisotopic (exact) mass is 168 g/mol. The summed E-state index contributed by atoms with van der Waals surface area (Å²) in [6.07, 6.45) is 5.72. The van der Waals surface area contributed by atoms with E-state index in [4.69, 9.17) is 0 Å². The van der Waals surface area contributed by atoms with Crippen LogP contribution in [0.5, 0.6) is 0 Å². The molecule has 3 nitrogen and oxygen atoms in total. The van der Waals surface area contributed by atoms with E-state index >= 15 is 0 Å². The number of allylic oxidation sites excluding steroid dienone is 1. The molecule has 0 aromatic rings. The first-order chi connectivity index (χ1) is 5.70. The molecule has 68 valence electrons. The summed E-state index contributed by atoms with van der Waals surface area (Å²) < 4.78 is 0. The zero-order chi connectivity index (χ0) is 9.40. The Bertz CT molecular complexity index is 195. The lowest BCUT2D eigenvalue weighted by Gasteiger charge is -2.01. The minimum Gasteiger partial charge on any atom is -0.394 e. The molecule has 0 heterocycles. The molecule has 0 bridgehead atoms. The third kappa shape index (κ3) is 5.53. The second-order valence-corrected chi connectivity index (χ2v) is 2.40. The normalized spacial score (nSPS) is 11.8. The third-order valence-corrected chi connectivity index (χ3v) is 1.38. The minimum absolute atomic E-state index is 0.00722. The molecular weight excluding hydrogens is 152 g/mol. The molecule has 0 fully saturated rings. The van der Waals surface area contributed by atoms with E-state index < -0.39 is 0 Å². The summed E-state index contributed by atoms with van der Waals surface area (Å²) in [5.41, 5.74) is 1.08. The number of carbonyl (C=O) groups excluding carboxylic acids is 1. The molecule has 0 aliphatic carbocycles. The molecule has 1 amide bonds. The van der Waals surface area contributed by atoms with Gasteiger partial charge >= 0.3 is 0 Å². The Hall–Kier alpha value is -1.25. The molecule has 0 saturated heterocycles. The molecule has 0 aliphatic rings. The lowest BCUT2D eigenvalue weighted by atomic mass is 10.2. The minimum atomic E-state index is -0.00722. The molecule has 3 heteroatoms. The van der Waals surface area contributed by atoms with Crippen LogP contribution in [0.15, 0.2) is 23.9 Å². The molecule has 2 N–H and O–H groups in total. The van der Waals surface area contributed by atoms with Crippen molar-refractivity contribution in [2.24, 2.45) is 0 Å². The smallest absolute Gasteiger partial charge is 0.217 e. The van der Waals surface area contributed by atoms with Crippen molar-refractivity contribution in [1.29, 1.82) is 0 Å². The van der Waals surface area contributed by atoms with Crippen LogP contribution in [0.25, 0.3) is 0 Å². The maximum Gasteiger partial charge on any atom is 0.217 e. The van der Waals surface area contributed by atoms with Gasteiger partial charge in [-0.15, -0.1) is 0 Å². The summed E-state index contributed by atoms with van der Waals surface area (Å²) in [7, 11) is 1.84. The van der Waals surface area contributed by atoms with Gasteiger partial charge in [0.15, 0.2) is 0 Å². The Morgan fingerprint density at radius 3 is 2.58 bits per heavy atom. The van der Waals surface area contributed by atoms with Gasteiger partial charge in [0.2, 0.25) is 5.91 Å². The quantitative estimate of drug-likeness (QED) is 0.610. The second-order valence-electron chi connectivity index (χ2n) is 2.40. The highest BCUT2D eigenvalue weighted by Crippen LogP contribution is 1.93. The standard InChI is InChI=1S/C9H16N2O/c1-4-9(5-6-10-3)7-11-8(2)12/h4-6,10H,7H2,1-3H3,(H,11,12)/b6-5-,9-4+. The number of rotatable bonds is 4. The maximum absolute atomic E-state index is 10.6. The molecule has 0 unspecified atom stereocenters. The maximum atomic E-state index is 10.6. The number of nitrogens with one attached hydrogen (secondary N) is 2. The fourth-order valence-corrected chi connectivity index (χ4v) is 0.674. The van der Waals surface area contributed by atoms with Gasteiger partial charge in [0.1, 0.15) is 0 Å². The Balaban J connectivity index is 3.85. The van der Waals surface area contributed by atoms with E-state index in [0.717, 1.165) is 5.57 Å². The van der Waals surface area contributed by atoms with Gasteiger partial charge in [-0.25, -0.2) is 0 Å². The highest BCUT2D eigenvalue weighted by atomic mass is 16.1. The Morgan fingerprint density at radius 2 is 2.17 bits per heavy atom. The van der Waals surface area contributed by atoms with Gasteiger partial charge in [-0.05, 0) is 24.8 Å². The van der Waals surface area contributed by atoms with E-state index in [9.17, 15) is 4.79 Å². The predicted molar refractivity (Wildman–Crippen MR) is 50.6 cm³/mol. The van der Waals surface area contributed by atoms with Gasteiger partial charge in [-0.1, -0.05) is 6.08 Å². The zero-order valence-corrected chi connectivity index (χ0v) is 7.85. The summed E-state index contributed by atoms with van der Waals surface area (Å²) >= 11 is 0. The van der Waals surface area contributed by atoms with Crippen LogP contribution >= 0.6 is 0 Å². The van der Waals surface area contributed by atoms with Gasteiger partial charge < -0.3 is 10.6 Å². The number of amides is 1. The van der Waals surface area contributed by atoms with Crippen LogP contribution in [0, 0.1) is 0 Å². The molecule has 12 heavy (non-hydrogen) atoms. The number of hydrogen-bond acceptors (Lipinski definition) is 2. The second kappa shape index (κ2) is 6.46. The molecule has 0 aliphatic heterocycles. The summed E-state index contributed by atoms with van der Waals surface area (Å²) in [6.45, 7) is 4.04. The Morgan fingerprint density at radius 1 is 1.50 bits per heavy atom. The SMILES string of the molecule is C/C=C(\C=C/NC)CNC(C)=O. The van der Waals surface area contributed by atoms with E-state index in [1.54, 1.807) is 0 Å². The van der Waals surface area contributed by atoms with E-state index in [2.05, 4.69) is 10.6 Å². The first-order valence-electron chi connectivity index (χ1n) is 3.94. The van der Waals surface area contributed by atoms with Gasteiger partial charge in [0, 0.05) is 20.5 Å². The van der Waals surface area contributed by atoms with Crippen molar-refractivity contribution in [3.63, 3.8) is 0 Å². The van der Waals surface area contributed by atoms with Crippen molar-refractivity contribution in [2.75, 3.05) is 13.6 Å². The summed E-state index contributed by atoms with van der Waals surface area (Å²) in [4.78, 5) is 10.6. The average molecular weight is 168 g/mol. The van der Waals surface area contributed by atoms with Crippen molar-refractivity contribution in [2.45, 2.75) is 13.8 Å². The lowest BCUT2D eigenvalue weighted by molar-refractivity contribution is -0.118. The third-order valence-electron chi connectivity index (χ3n) is 1.38. The molecule has 0 saturated carbocycles. The van der Waals surface area contributed by atoms with Gasteiger partial charge in [0.25, 0.3) is 0 Å². The predicted octanol–water partition coefficient (Wildman–Crippen LogP) is 0.802. The van der Waals surface area contributed by atoms with E-state index in [1.165, 1.54) is 6.92 Å². The van der Waals surface area contributed by atoms with Crippen LogP contribution in [0.3, 0.4) is 0 Å². The van der Waals surface area contributed by atoms with Crippen molar-refractivity contribution in [1.82, 2.24) is 10.6 Å². The molecular formula is C9H16N2O. The van der Waals surface area contributed by atoms with Gasteiger partial charge in [-0.3, -0.25) is 4.79 Å². The molecule has 0 spiro atoms. The Kier molecular flexibility index (Phi) is 5.79. The molecule has 0 rings (SSSR count). The topological polar surface area (TPSA) is 41.1 Å². The first-order valence-corrected chi connectivity index (χ1v) is 3.94. The van der Waals surface area contributed by atoms with Crippen LogP contribution in [0.1, 0.15) is 13.8 Å². The number of carbonyl (C=O) groups is 1. The number of hydrogen-bond donors (Lipinski definition) is 2. The van der Waals surface area contributed by atoms with Crippen LogP contribution < -0.4 is 10.6 Å². The van der Waals surface area contributed by atoms with Gasteiger partial charge in [-0.2, -0.15) is 0 Å². The van der Waals surface area contributed by atoms with Gasteiger partial charge in [0.05, 0.1) is 0 Å². The molecule has 0 aromatic heterocycles. The first kappa shape index (κ1) is 10.8. The molecule has 0 atom stereocenters. The van der Waals surface area contributed by atoms with Crippen molar-refractivity contribution in [3.05, 3.63) is 23.9 Å². The molecule has 0 radical (unpaired) electrons. The summed E-state index contributed by atoms with van der Waals surface area (Å²) in [6, 6.07) is 0. The van der Waals surface area contributed by atoms with E-state index in [-0.39, 0.29) is 5.91 Å².